The van der Waals surface area contributed by atoms with E-state index in [9.17, 15) is 0 Å². The van der Waals surface area contributed by atoms with Crippen LogP contribution in [0.4, 0.5) is 0 Å². The molecule has 1 radical (unpaired) electrons. The highest BCUT2D eigenvalue weighted by atomic mass is 16.5. The molecule has 1 unspecified atom stereocenters. The van der Waals surface area contributed by atoms with E-state index in [1.54, 1.807) is 0 Å². The molecule has 0 aromatic carbocycles. The van der Waals surface area contributed by atoms with Crippen molar-refractivity contribution in [3.8, 4) is 0 Å². The monoisotopic (exact) mass is 154 g/mol. The maximum atomic E-state index is 5.31. The summed E-state index contributed by atoms with van der Waals surface area (Å²) in [5.74, 6) is 0. The highest BCUT2D eigenvalue weighted by Crippen LogP contribution is 2.22. The molecule has 0 spiro atoms. The van der Waals surface area contributed by atoms with Gasteiger partial charge in [-0.25, -0.2) is 0 Å². The number of hydrogen-bond acceptors (Lipinski definition) is 2. The van der Waals surface area contributed by atoms with E-state index in [0.29, 0.717) is 0 Å². The van der Waals surface area contributed by atoms with Crippen molar-refractivity contribution in [1.82, 2.24) is 4.90 Å². The Labute approximate surface area is 68.5 Å². The second kappa shape index (κ2) is 3.55. The lowest BCUT2D eigenvalue weighted by Crippen LogP contribution is -2.42. The molecule has 0 bridgehead atoms. The van der Waals surface area contributed by atoms with Crippen molar-refractivity contribution in [3.63, 3.8) is 0 Å². The SMILES string of the molecule is [CH]1CCC(N2CCOCC2)C1. The first kappa shape index (κ1) is 7.56. The van der Waals surface area contributed by atoms with Crippen LogP contribution in [-0.4, -0.2) is 37.2 Å². The van der Waals surface area contributed by atoms with E-state index in [-0.39, 0.29) is 0 Å². The molecule has 0 amide bonds. The number of rotatable bonds is 1. The van der Waals surface area contributed by atoms with E-state index in [4.69, 9.17) is 4.74 Å². The molecule has 2 aliphatic rings. The number of nitrogens with zero attached hydrogens (tertiary/aromatic N) is 1. The van der Waals surface area contributed by atoms with Gasteiger partial charge in [0.2, 0.25) is 0 Å². The lowest BCUT2D eigenvalue weighted by atomic mass is 10.2. The molecule has 1 heterocycles. The van der Waals surface area contributed by atoms with Gasteiger partial charge in [-0.15, -0.1) is 0 Å². The minimum Gasteiger partial charge on any atom is -0.379 e. The van der Waals surface area contributed by atoms with Crippen molar-refractivity contribution in [2.24, 2.45) is 0 Å². The summed E-state index contributed by atoms with van der Waals surface area (Å²) in [4.78, 5) is 2.58. The molecular weight excluding hydrogens is 138 g/mol. The quantitative estimate of drug-likeness (QED) is 0.560. The van der Waals surface area contributed by atoms with Crippen LogP contribution in [0.3, 0.4) is 0 Å². The van der Waals surface area contributed by atoms with Crippen molar-refractivity contribution in [3.05, 3.63) is 6.42 Å². The number of ether oxygens (including phenoxy) is 1. The first-order valence-electron chi connectivity index (χ1n) is 4.60. The molecule has 1 aliphatic carbocycles. The van der Waals surface area contributed by atoms with Gasteiger partial charge in [0.15, 0.2) is 0 Å². The third-order valence-corrected chi connectivity index (χ3v) is 2.70. The molecule has 0 N–H and O–H groups in total. The molecule has 1 saturated heterocycles. The fourth-order valence-electron chi connectivity index (χ4n) is 2.01. The zero-order valence-electron chi connectivity index (χ0n) is 6.96. The van der Waals surface area contributed by atoms with Crippen LogP contribution in [0.25, 0.3) is 0 Å². The van der Waals surface area contributed by atoms with Crippen LogP contribution in [0.5, 0.6) is 0 Å². The Hall–Kier alpha value is -0.0800. The van der Waals surface area contributed by atoms with Gasteiger partial charge in [0.25, 0.3) is 0 Å². The van der Waals surface area contributed by atoms with Crippen LogP contribution in [0.1, 0.15) is 19.3 Å². The van der Waals surface area contributed by atoms with E-state index in [2.05, 4.69) is 11.3 Å². The Kier molecular flexibility index (Phi) is 2.44. The van der Waals surface area contributed by atoms with Crippen LogP contribution in [-0.2, 0) is 4.74 Å². The maximum absolute atomic E-state index is 5.31. The molecule has 2 heteroatoms. The molecule has 2 nitrogen and oxygen atoms in total. The summed E-state index contributed by atoms with van der Waals surface area (Å²) in [5.41, 5.74) is 0. The topological polar surface area (TPSA) is 12.5 Å². The third kappa shape index (κ3) is 1.74. The van der Waals surface area contributed by atoms with Crippen molar-refractivity contribution in [2.45, 2.75) is 25.3 Å². The summed E-state index contributed by atoms with van der Waals surface area (Å²) >= 11 is 0. The Morgan fingerprint density at radius 1 is 1.27 bits per heavy atom. The van der Waals surface area contributed by atoms with Crippen LogP contribution in [0, 0.1) is 6.42 Å². The van der Waals surface area contributed by atoms with Gasteiger partial charge in [-0.1, -0.05) is 0 Å². The van der Waals surface area contributed by atoms with Crippen LogP contribution >= 0.6 is 0 Å². The van der Waals surface area contributed by atoms with E-state index in [1.807, 2.05) is 0 Å². The summed E-state index contributed by atoms with van der Waals surface area (Å²) in [6.45, 7) is 4.18. The predicted molar refractivity (Wildman–Crippen MR) is 44.3 cm³/mol. The van der Waals surface area contributed by atoms with Gasteiger partial charge in [-0.05, 0) is 25.7 Å². The Morgan fingerprint density at radius 2 is 2.09 bits per heavy atom. The molecular formula is C9H16NO. The maximum Gasteiger partial charge on any atom is 0.0594 e. The van der Waals surface area contributed by atoms with Gasteiger partial charge >= 0.3 is 0 Å². The molecule has 11 heavy (non-hydrogen) atoms. The molecule has 63 valence electrons. The summed E-state index contributed by atoms with van der Waals surface area (Å²) in [6, 6.07) is 0.846. The lowest BCUT2D eigenvalue weighted by Gasteiger charge is -2.31. The fraction of sp³-hybridized carbons (Fsp3) is 0.889. The second-order valence-corrected chi connectivity index (χ2v) is 3.40. The number of morpholine rings is 1. The summed E-state index contributed by atoms with van der Waals surface area (Å²) in [6.07, 6.45) is 6.42. The Morgan fingerprint density at radius 3 is 2.73 bits per heavy atom. The molecule has 1 aliphatic heterocycles. The summed E-state index contributed by atoms with van der Waals surface area (Å²) < 4.78 is 5.31. The van der Waals surface area contributed by atoms with Gasteiger partial charge in [0, 0.05) is 19.1 Å². The minimum absolute atomic E-state index is 0.846. The van der Waals surface area contributed by atoms with Gasteiger partial charge in [-0.3, -0.25) is 4.90 Å². The van der Waals surface area contributed by atoms with E-state index >= 15 is 0 Å². The van der Waals surface area contributed by atoms with Gasteiger partial charge in [-0.2, -0.15) is 0 Å². The predicted octanol–water partition coefficient (Wildman–Crippen LogP) is 1.08. The van der Waals surface area contributed by atoms with E-state index in [0.717, 1.165) is 32.3 Å². The van der Waals surface area contributed by atoms with Crippen molar-refractivity contribution < 1.29 is 4.74 Å². The molecule has 2 rings (SSSR count). The summed E-state index contributed by atoms with van der Waals surface area (Å²) in [7, 11) is 0. The van der Waals surface area contributed by atoms with Crippen molar-refractivity contribution in [1.29, 1.82) is 0 Å². The molecule has 0 aromatic rings. The third-order valence-electron chi connectivity index (χ3n) is 2.70. The van der Waals surface area contributed by atoms with Gasteiger partial charge in [0.1, 0.15) is 0 Å². The average molecular weight is 154 g/mol. The normalized spacial score (nSPS) is 29.5. The van der Waals surface area contributed by atoms with Crippen molar-refractivity contribution >= 4 is 0 Å². The summed E-state index contributed by atoms with van der Waals surface area (Å²) in [5, 5.41) is 0. The van der Waals surface area contributed by atoms with Crippen molar-refractivity contribution in [2.75, 3.05) is 26.3 Å². The molecule has 1 saturated carbocycles. The van der Waals surface area contributed by atoms with Gasteiger partial charge in [0.05, 0.1) is 13.2 Å². The average Bonchev–Trinajstić information content (AvgIpc) is 2.58. The highest BCUT2D eigenvalue weighted by Gasteiger charge is 2.23. The first-order chi connectivity index (χ1) is 5.47. The van der Waals surface area contributed by atoms with E-state index < -0.39 is 0 Å². The molecule has 0 aromatic heterocycles. The zero-order chi connectivity index (χ0) is 7.52. The lowest BCUT2D eigenvalue weighted by molar-refractivity contribution is 0.0185. The first-order valence-corrected chi connectivity index (χ1v) is 4.60. The largest absolute Gasteiger partial charge is 0.379 e. The standard InChI is InChI=1S/C9H16NO/c1-2-4-9(3-1)10-5-7-11-8-6-10/h1,9H,2-8H2. The Bertz CT molecular complexity index is 115. The smallest absolute Gasteiger partial charge is 0.0594 e. The molecule has 1 atom stereocenters. The van der Waals surface area contributed by atoms with Crippen LogP contribution in [0.15, 0.2) is 0 Å². The van der Waals surface area contributed by atoms with Gasteiger partial charge < -0.3 is 4.74 Å². The highest BCUT2D eigenvalue weighted by molar-refractivity contribution is 4.87. The van der Waals surface area contributed by atoms with Crippen LogP contribution < -0.4 is 0 Å². The fourth-order valence-corrected chi connectivity index (χ4v) is 2.01. The Balaban J connectivity index is 1.82. The minimum atomic E-state index is 0.846. The number of hydrogen-bond donors (Lipinski definition) is 0. The van der Waals surface area contributed by atoms with E-state index in [1.165, 1.54) is 19.3 Å². The second-order valence-electron chi connectivity index (χ2n) is 3.40. The van der Waals surface area contributed by atoms with Crippen LogP contribution in [0.2, 0.25) is 0 Å². The zero-order valence-corrected chi connectivity index (χ0v) is 6.96. The molecule has 2 fully saturated rings.